The van der Waals surface area contributed by atoms with Crippen LogP contribution in [0.5, 0.6) is 0 Å². The van der Waals surface area contributed by atoms with E-state index in [0.29, 0.717) is 12.5 Å². The van der Waals surface area contributed by atoms with Gasteiger partial charge in [-0.2, -0.15) is 0 Å². The van der Waals surface area contributed by atoms with Crippen LogP contribution in [-0.2, 0) is 15.1 Å². The maximum Gasteiger partial charge on any atom is 0.325 e. The van der Waals surface area contributed by atoms with Gasteiger partial charge in [0, 0.05) is 6.54 Å². The molecule has 3 rings (SSSR count). The number of carbonyl (C=O) groups is 3. The SMILES string of the molecule is CC(C)CNC(=O)CN1C(=O)N[C@@](C)(c2cccc3ccccc23)C1=O. The topological polar surface area (TPSA) is 78.5 Å². The molecule has 0 spiro atoms. The van der Waals surface area contributed by atoms with Gasteiger partial charge in [-0.1, -0.05) is 56.3 Å². The molecule has 6 nitrogen and oxygen atoms in total. The van der Waals surface area contributed by atoms with Crippen LogP contribution >= 0.6 is 0 Å². The number of fused-ring (bicyclic) bond motifs is 1. The predicted octanol–water partition coefficient (Wildman–Crippen LogP) is 2.38. The molecule has 1 atom stereocenters. The van der Waals surface area contributed by atoms with Crippen molar-refractivity contribution in [3.05, 3.63) is 48.0 Å². The molecule has 26 heavy (non-hydrogen) atoms. The van der Waals surface area contributed by atoms with E-state index >= 15 is 0 Å². The van der Waals surface area contributed by atoms with Crippen molar-refractivity contribution in [3.8, 4) is 0 Å². The first kappa shape index (κ1) is 17.9. The summed E-state index contributed by atoms with van der Waals surface area (Å²) >= 11 is 0. The molecule has 1 fully saturated rings. The van der Waals surface area contributed by atoms with Gasteiger partial charge in [0.15, 0.2) is 0 Å². The summed E-state index contributed by atoms with van der Waals surface area (Å²) in [7, 11) is 0. The second-order valence-electron chi connectivity index (χ2n) is 7.17. The van der Waals surface area contributed by atoms with E-state index in [-0.39, 0.29) is 12.5 Å². The van der Waals surface area contributed by atoms with Crippen molar-refractivity contribution in [2.45, 2.75) is 26.3 Å². The van der Waals surface area contributed by atoms with Gasteiger partial charge in [0.25, 0.3) is 5.91 Å². The van der Waals surface area contributed by atoms with Crippen LogP contribution in [0.1, 0.15) is 26.3 Å². The number of nitrogens with zero attached hydrogens (tertiary/aromatic N) is 1. The minimum absolute atomic E-state index is 0.280. The van der Waals surface area contributed by atoms with Gasteiger partial charge >= 0.3 is 6.03 Å². The summed E-state index contributed by atoms with van der Waals surface area (Å²) in [6.07, 6.45) is 0. The lowest BCUT2D eigenvalue weighted by molar-refractivity contribution is -0.134. The monoisotopic (exact) mass is 353 g/mol. The van der Waals surface area contributed by atoms with Gasteiger partial charge in [0.2, 0.25) is 5.91 Å². The van der Waals surface area contributed by atoms with Crippen LogP contribution in [0.4, 0.5) is 4.79 Å². The lowest BCUT2D eigenvalue weighted by atomic mass is 9.88. The highest BCUT2D eigenvalue weighted by Gasteiger charge is 2.50. The van der Waals surface area contributed by atoms with E-state index in [0.717, 1.165) is 21.2 Å². The second kappa shape index (κ2) is 6.78. The lowest BCUT2D eigenvalue weighted by Crippen LogP contribution is -2.43. The highest BCUT2D eigenvalue weighted by molar-refractivity contribution is 6.10. The summed E-state index contributed by atoms with van der Waals surface area (Å²) < 4.78 is 0. The zero-order valence-corrected chi connectivity index (χ0v) is 15.2. The van der Waals surface area contributed by atoms with Crippen molar-refractivity contribution in [2.24, 2.45) is 5.92 Å². The zero-order chi connectivity index (χ0) is 18.9. The summed E-state index contributed by atoms with van der Waals surface area (Å²) in [5, 5.41) is 7.39. The molecule has 2 aromatic rings. The second-order valence-corrected chi connectivity index (χ2v) is 7.17. The average molecular weight is 353 g/mol. The van der Waals surface area contributed by atoms with Crippen molar-refractivity contribution in [3.63, 3.8) is 0 Å². The van der Waals surface area contributed by atoms with Gasteiger partial charge in [0.05, 0.1) is 0 Å². The maximum absolute atomic E-state index is 13.0. The first-order valence-corrected chi connectivity index (χ1v) is 8.72. The van der Waals surface area contributed by atoms with Gasteiger partial charge in [-0.25, -0.2) is 4.79 Å². The fourth-order valence-electron chi connectivity index (χ4n) is 3.20. The zero-order valence-electron chi connectivity index (χ0n) is 15.2. The summed E-state index contributed by atoms with van der Waals surface area (Å²) in [6, 6.07) is 12.8. The van der Waals surface area contributed by atoms with E-state index in [4.69, 9.17) is 0 Å². The molecule has 136 valence electrons. The molecule has 0 saturated carbocycles. The highest BCUT2D eigenvalue weighted by Crippen LogP contribution is 2.33. The molecule has 0 bridgehead atoms. The van der Waals surface area contributed by atoms with E-state index in [1.165, 1.54) is 0 Å². The number of rotatable bonds is 5. The molecule has 0 aliphatic carbocycles. The van der Waals surface area contributed by atoms with Gasteiger partial charge in [0.1, 0.15) is 12.1 Å². The van der Waals surface area contributed by atoms with Crippen LogP contribution in [0.3, 0.4) is 0 Å². The van der Waals surface area contributed by atoms with Gasteiger partial charge in [-0.05, 0) is 29.2 Å². The van der Waals surface area contributed by atoms with E-state index < -0.39 is 17.5 Å². The molecular formula is C20H23N3O3. The van der Waals surface area contributed by atoms with Crippen LogP contribution in [-0.4, -0.2) is 35.8 Å². The first-order chi connectivity index (χ1) is 12.3. The van der Waals surface area contributed by atoms with E-state index in [2.05, 4.69) is 10.6 Å². The van der Waals surface area contributed by atoms with Gasteiger partial charge in [-0.15, -0.1) is 0 Å². The third-order valence-corrected chi connectivity index (χ3v) is 4.61. The number of hydrogen-bond donors (Lipinski definition) is 2. The maximum atomic E-state index is 13.0. The number of carbonyl (C=O) groups excluding carboxylic acids is 3. The van der Waals surface area contributed by atoms with Crippen LogP contribution in [0.25, 0.3) is 10.8 Å². The van der Waals surface area contributed by atoms with Crippen molar-refractivity contribution >= 4 is 28.6 Å². The Hall–Kier alpha value is -2.89. The Morgan fingerprint density at radius 3 is 2.58 bits per heavy atom. The summed E-state index contributed by atoms with van der Waals surface area (Å²) in [5.41, 5.74) is -0.477. The smallest absolute Gasteiger partial charge is 0.325 e. The molecule has 1 aliphatic rings. The highest BCUT2D eigenvalue weighted by atomic mass is 16.2. The number of amides is 4. The molecule has 6 heteroatoms. The molecular weight excluding hydrogens is 330 g/mol. The Labute approximate surface area is 152 Å². The molecule has 1 saturated heterocycles. The number of nitrogens with one attached hydrogen (secondary N) is 2. The van der Waals surface area contributed by atoms with Crippen molar-refractivity contribution in [1.29, 1.82) is 0 Å². The minimum Gasteiger partial charge on any atom is -0.354 e. The fraction of sp³-hybridized carbons (Fsp3) is 0.350. The molecule has 1 aliphatic heterocycles. The Bertz CT molecular complexity index is 872. The molecule has 0 unspecified atom stereocenters. The van der Waals surface area contributed by atoms with Gasteiger partial charge < -0.3 is 10.6 Å². The Morgan fingerprint density at radius 2 is 1.85 bits per heavy atom. The number of hydrogen-bond acceptors (Lipinski definition) is 3. The molecule has 2 aromatic carbocycles. The third kappa shape index (κ3) is 3.14. The Morgan fingerprint density at radius 1 is 1.15 bits per heavy atom. The van der Waals surface area contributed by atoms with E-state index in [9.17, 15) is 14.4 Å². The summed E-state index contributed by atoms with van der Waals surface area (Å²) in [6.45, 7) is 5.86. The Balaban J connectivity index is 1.88. The van der Waals surface area contributed by atoms with Crippen LogP contribution in [0, 0.1) is 5.92 Å². The largest absolute Gasteiger partial charge is 0.354 e. The number of urea groups is 1. The molecule has 1 heterocycles. The summed E-state index contributed by atoms with van der Waals surface area (Å²) in [5.74, 6) is -0.467. The summed E-state index contributed by atoms with van der Waals surface area (Å²) in [4.78, 5) is 38.5. The van der Waals surface area contributed by atoms with Crippen molar-refractivity contribution < 1.29 is 14.4 Å². The fourth-order valence-corrected chi connectivity index (χ4v) is 3.20. The molecule has 0 aromatic heterocycles. The van der Waals surface area contributed by atoms with Crippen molar-refractivity contribution in [1.82, 2.24) is 15.5 Å². The van der Waals surface area contributed by atoms with Crippen LogP contribution in [0.15, 0.2) is 42.5 Å². The van der Waals surface area contributed by atoms with E-state index in [1.54, 1.807) is 6.92 Å². The van der Waals surface area contributed by atoms with Crippen molar-refractivity contribution in [2.75, 3.05) is 13.1 Å². The standard InChI is InChI=1S/C20H23N3O3/c1-13(2)11-21-17(24)12-23-18(25)20(3,22-19(23)26)16-10-6-8-14-7-4-5-9-15(14)16/h4-10,13H,11-12H2,1-3H3,(H,21,24)(H,22,26)/t20-/m0/s1. The predicted molar refractivity (Wildman–Crippen MR) is 99.4 cm³/mol. The lowest BCUT2D eigenvalue weighted by Gasteiger charge is -2.24. The van der Waals surface area contributed by atoms with Crippen LogP contribution < -0.4 is 10.6 Å². The number of imide groups is 1. The van der Waals surface area contributed by atoms with E-state index in [1.807, 2.05) is 56.3 Å². The first-order valence-electron chi connectivity index (χ1n) is 8.72. The quantitative estimate of drug-likeness (QED) is 0.810. The third-order valence-electron chi connectivity index (χ3n) is 4.61. The van der Waals surface area contributed by atoms with Crippen LogP contribution in [0.2, 0.25) is 0 Å². The molecule has 4 amide bonds. The molecule has 0 radical (unpaired) electrons. The minimum atomic E-state index is -1.20. The molecule has 2 N–H and O–H groups in total. The number of benzene rings is 2. The Kier molecular flexibility index (Phi) is 4.68. The van der Waals surface area contributed by atoms with Gasteiger partial charge in [-0.3, -0.25) is 14.5 Å². The normalized spacial score (nSPS) is 19.9. The average Bonchev–Trinajstić information content (AvgIpc) is 2.83.